The predicted molar refractivity (Wildman–Crippen MR) is 121 cm³/mol. The largest absolute Gasteiger partial charge is 0.480 e. The maximum Gasteiger partial charge on any atom is 0.282 e. The van der Waals surface area contributed by atoms with E-state index in [-0.39, 0.29) is 12.2 Å². The average Bonchev–Trinajstić information content (AvgIpc) is 2.71. The fourth-order valence-electron chi connectivity index (χ4n) is 2.80. The van der Waals surface area contributed by atoms with Crippen molar-refractivity contribution in [2.24, 2.45) is 5.10 Å². The number of hydrogen-bond acceptors (Lipinski definition) is 4. The van der Waals surface area contributed by atoms with Gasteiger partial charge in [-0.1, -0.05) is 46.8 Å². The normalized spacial score (nSPS) is 11.1. The summed E-state index contributed by atoms with van der Waals surface area (Å²) in [7, 11) is 0. The Labute approximate surface area is 182 Å². The zero-order valence-electron chi connectivity index (χ0n) is 15.9. The van der Waals surface area contributed by atoms with Gasteiger partial charge in [-0.05, 0) is 42.8 Å². The van der Waals surface area contributed by atoms with Gasteiger partial charge in [-0.15, -0.1) is 6.42 Å². The highest BCUT2D eigenvalue weighted by atomic mass is 79.9. The number of hydrogen-bond donors (Lipinski definition) is 0. The van der Waals surface area contributed by atoms with E-state index >= 15 is 0 Å². The number of aromatic nitrogens is 2. The third-order valence-corrected chi connectivity index (χ3v) is 4.95. The summed E-state index contributed by atoms with van der Waals surface area (Å²) in [6.45, 7) is 2.21. The molecule has 0 unspecified atom stereocenters. The van der Waals surface area contributed by atoms with E-state index in [4.69, 9.17) is 22.8 Å². The number of benzene rings is 2. The molecule has 0 fully saturated rings. The Morgan fingerprint density at radius 1 is 1.34 bits per heavy atom. The van der Waals surface area contributed by atoms with Crippen molar-refractivity contribution in [3.8, 4) is 18.1 Å². The van der Waals surface area contributed by atoms with Gasteiger partial charge in [0.15, 0.2) is 0 Å². The van der Waals surface area contributed by atoms with Crippen LogP contribution in [0.3, 0.4) is 0 Å². The van der Waals surface area contributed by atoms with Crippen molar-refractivity contribution in [2.45, 2.75) is 26.2 Å². The summed E-state index contributed by atoms with van der Waals surface area (Å²) in [5.41, 5.74) is 1.04. The summed E-state index contributed by atoms with van der Waals surface area (Å²) in [5.74, 6) is 3.57. The average molecular weight is 473 g/mol. The van der Waals surface area contributed by atoms with Crippen LogP contribution < -0.4 is 10.3 Å². The summed E-state index contributed by atoms with van der Waals surface area (Å²) in [6.07, 6.45) is 9.35. The number of fused-ring (bicyclic) bond motifs is 1. The van der Waals surface area contributed by atoms with E-state index in [1.807, 2.05) is 12.1 Å². The fraction of sp³-hybridized carbons (Fsp3) is 0.227. The molecule has 0 aliphatic heterocycles. The fourth-order valence-corrected chi connectivity index (χ4v) is 3.34. The molecule has 0 spiro atoms. The van der Waals surface area contributed by atoms with Crippen LogP contribution in [0.15, 0.2) is 50.8 Å². The summed E-state index contributed by atoms with van der Waals surface area (Å²) in [5, 5.41) is 5.45. The highest BCUT2D eigenvalue weighted by molar-refractivity contribution is 9.10. The van der Waals surface area contributed by atoms with E-state index in [0.29, 0.717) is 39.5 Å². The molecule has 1 aromatic heterocycles. The monoisotopic (exact) mass is 471 g/mol. The molecular formula is C22H19BrClN3O2. The molecule has 0 atom stereocenters. The Morgan fingerprint density at radius 3 is 2.93 bits per heavy atom. The van der Waals surface area contributed by atoms with Crippen molar-refractivity contribution in [1.29, 1.82) is 0 Å². The van der Waals surface area contributed by atoms with Crippen LogP contribution >= 0.6 is 27.5 Å². The first kappa shape index (κ1) is 21.1. The molecule has 0 saturated carbocycles. The maximum atomic E-state index is 13.1. The molecule has 0 N–H and O–H groups in total. The topological polar surface area (TPSA) is 56.5 Å². The zero-order valence-corrected chi connectivity index (χ0v) is 18.2. The van der Waals surface area contributed by atoms with Crippen molar-refractivity contribution in [3.63, 3.8) is 0 Å². The van der Waals surface area contributed by atoms with Gasteiger partial charge in [0.1, 0.15) is 18.2 Å². The van der Waals surface area contributed by atoms with Gasteiger partial charge in [0, 0.05) is 21.5 Å². The third kappa shape index (κ3) is 5.06. The number of terminal acetylenes is 1. The van der Waals surface area contributed by atoms with Crippen LogP contribution in [0.25, 0.3) is 10.9 Å². The van der Waals surface area contributed by atoms with Gasteiger partial charge in [0.05, 0.1) is 17.1 Å². The molecule has 29 heavy (non-hydrogen) atoms. The second kappa shape index (κ2) is 9.73. The van der Waals surface area contributed by atoms with Crippen molar-refractivity contribution < 1.29 is 4.74 Å². The lowest BCUT2D eigenvalue weighted by molar-refractivity contribution is 0.370. The van der Waals surface area contributed by atoms with Crippen molar-refractivity contribution in [2.75, 3.05) is 6.61 Å². The van der Waals surface area contributed by atoms with Gasteiger partial charge in [0.2, 0.25) is 0 Å². The third-order valence-electron chi connectivity index (χ3n) is 4.22. The quantitative estimate of drug-likeness (QED) is 0.357. The van der Waals surface area contributed by atoms with Crippen LogP contribution in [0, 0.1) is 12.3 Å². The van der Waals surface area contributed by atoms with E-state index in [1.54, 1.807) is 30.5 Å². The summed E-state index contributed by atoms with van der Waals surface area (Å²) >= 11 is 9.52. The second-order valence-corrected chi connectivity index (χ2v) is 7.68. The van der Waals surface area contributed by atoms with Gasteiger partial charge >= 0.3 is 0 Å². The number of unbranched alkanes of at least 4 members (excludes halogenated alkanes) is 1. The first-order valence-electron chi connectivity index (χ1n) is 9.15. The number of nitrogens with zero attached hydrogens (tertiary/aromatic N) is 3. The molecule has 148 valence electrons. The molecule has 7 heteroatoms. The lowest BCUT2D eigenvalue weighted by atomic mass is 10.2. The Balaban J connectivity index is 2.11. The maximum absolute atomic E-state index is 13.1. The van der Waals surface area contributed by atoms with Crippen LogP contribution in [0.2, 0.25) is 5.02 Å². The van der Waals surface area contributed by atoms with Gasteiger partial charge in [-0.25, -0.2) is 4.98 Å². The van der Waals surface area contributed by atoms with Gasteiger partial charge in [0.25, 0.3) is 5.56 Å². The van der Waals surface area contributed by atoms with Crippen LogP contribution in [-0.4, -0.2) is 22.5 Å². The first-order chi connectivity index (χ1) is 14.0. The smallest absolute Gasteiger partial charge is 0.282 e. The van der Waals surface area contributed by atoms with Gasteiger partial charge in [-0.2, -0.15) is 9.78 Å². The molecule has 0 aliphatic rings. The number of rotatable bonds is 7. The van der Waals surface area contributed by atoms with Crippen LogP contribution in [0.5, 0.6) is 5.75 Å². The minimum atomic E-state index is -0.230. The van der Waals surface area contributed by atoms with Crippen LogP contribution in [0.1, 0.15) is 31.2 Å². The molecule has 0 bridgehead atoms. The Bertz CT molecular complexity index is 1170. The lowest BCUT2D eigenvalue weighted by Crippen LogP contribution is -2.22. The van der Waals surface area contributed by atoms with E-state index in [9.17, 15) is 4.79 Å². The van der Waals surface area contributed by atoms with Crippen molar-refractivity contribution in [1.82, 2.24) is 9.66 Å². The molecule has 0 saturated heterocycles. The summed E-state index contributed by atoms with van der Waals surface area (Å²) in [6, 6.07) is 10.6. The number of halogens is 2. The van der Waals surface area contributed by atoms with Gasteiger partial charge in [-0.3, -0.25) is 4.79 Å². The number of ether oxygens (including phenoxy) is 1. The zero-order chi connectivity index (χ0) is 20.8. The molecule has 1 heterocycles. The van der Waals surface area contributed by atoms with E-state index in [0.717, 1.165) is 17.3 Å². The second-order valence-electron chi connectivity index (χ2n) is 6.33. The molecule has 3 rings (SSSR count). The van der Waals surface area contributed by atoms with Crippen LogP contribution in [0.4, 0.5) is 0 Å². The molecule has 0 radical (unpaired) electrons. The summed E-state index contributed by atoms with van der Waals surface area (Å²) < 4.78 is 7.70. The molecule has 3 aromatic rings. The van der Waals surface area contributed by atoms with Gasteiger partial charge < -0.3 is 4.74 Å². The molecule has 0 aliphatic carbocycles. The Kier molecular flexibility index (Phi) is 7.08. The minimum absolute atomic E-state index is 0.121. The minimum Gasteiger partial charge on any atom is -0.480 e. The Morgan fingerprint density at radius 2 is 2.17 bits per heavy atom. The Hall–Kier alpha value is -2.62. The highest BCUT2D eigenvalue weighted by Gasteiger charge is 2.11. The SMILES string of the molecule is C#CCOc1ccc(Cl)cc1C=Nn1c(CCCC)nc2ccc(Br)cc2c1=O. The van der Waals surface area contributed by atoms with E-state index in [2.05, 4.69) is 38.9 Å². The standard InChI is InChI=1S/C22H19BrClN3O2/c1-3-5-6-21-26-19-9-7-16(23)13-18(19)22(28)27(21)25-14-15-12-17(24)8-10-20(15)29-11-4-2/h2,7-10,12-14H,3,5-6,11H2,1H3. The van der Waals surface area contributed by atoms with Crippen molar-refractivity contribution in [3.05, 3.63) is 67.6 Å². The van der Waals surface area contributed by atoms with Crippen LogP contribution in [-0.2, 0) is 6.42 Å². The first-order valence-corrected chi connectivity index (χ1v) is 10.3. The van der Waals surface area contributed by atoms with E-state index < -0.39 is 0 Å². The van der Waals surface area contributed by atoms with Crippen molar-refractivity contribution >= 4 is 44.6 Å². The highest BCUT2D eigenvalue weighted by Crippen LogP contribution is 2.22. The number of aryl methyl sites for hydroxylation is 1. The molecular weight excluding hydrogens is 454 g/mol. The predicted octanol–water partition coefficient (Wildman–Crippen LogP) is 5.05. The van der Waals surface area contributed by atoms with E-state index in [1.165, 1.54) is 4.68 Å². The lowest BCUT2D eigenvalue weighted by Gasteiger charge is -2.10. The molecule has 2 aromatic carbocycles. The molecule has 5 nitrogen and oxygen atoms in total. The summed E-state index contributed by atoms with van der Waals surface area (Å²) in [4.78, 5) is 17.8. The molecule has 0 amide bonds.